The number of rotatable bonds is 44. The van der Waals surface area contributed by atoms with Gasteiger partial charge in [-0.3, -0.25) is 0 Å². The monoisotopic (exact) mass is 855 g/mol. The van der Waals surface area contributed by atoms with E-state index in [0.29, 0.717) is 35.8 Å². The summed E-state index contributed by atoms with van der Waals surface area (Å²) >= 11 is 0. The van der Waals surface area contributed by atoms with Crippen molar-refractivity contribution in [3.63, 3.8) is 0 Å². The van der Waals surface area contributed by atoms with Gasteiger partial charge in [0, 0.05) is 0 Å². The molecule has 0 radical (unpaired) electrons. The number of carboxylic acids is 2. The first-order valence-corrected chi connectivity index (χ1v) is 24.8. The Labute approximate surface area is 371 Å². The molecule has 2 atom stereocenters. The van der Waals surface area contributed by atoms with Crippen molar-refractivity contribution in [2.45, 2.75) is 219 Å². The summed E-state index contributed by atoms with van der Waals surface area (Å²) in [6.45, 7) is 5.59. The van der Waals surface area contributed by atoms with Crippen LogP contribution < -0.4 is 18.9 Å². The molecule has 0 bridgehead atoms. The molecule has 0 saturated carbocycles. The second-order valence-electron chi connectivity index (χ2n) is 16.9. The molecule has 0 aromatic heterocycles. The molecule has 0 aliphatic carbocycles. The predicted molar refractivity (Wildman–Crippen MR) is 249 cm³/mol. The maximum Gasteiger partial charge on any atom is 0.344 e. The van der Waals surface area contributed by atoms with Gasteiger partial charge in [0.1, 0.15) is 13.2 Å². The van der Waals surface area contributed by atoms with Crippen LogP contribution in [0.1, 0.15) is 206 Å². The van der Waals surface area contributed by atoms with E-state index in [9.17, 15) is 19.8 Å². The molecule has 2 N–H and O–H groups in total. The molecule has 0 amide bonds. The second kappa shape index (κ2) is 38.2. The minimum absolute atomic E-state index is 0.246. The smallest absolute Gasteiger partial charge is 0.344 e. The summed E-state index contributed by atoms with van der Waals surface area (Å²) in [5, 5.41) is 19.7. The minimum atomic E-state index is -0.969. The Balaban J connectivity index is 1.59. The Kier molecular flexibility index (Phi) is 33.6. The maximum absolute atomic E-state index is 12.0. The van der Waals surface area contributed by atoms with Gasteiger partial charge in [-0.1, -0.05) is 205 Å². The van der Waals surface area contributed by atoms with Crippen molar-refractivity contribution < 1.29 is 43.5 Å². The second-order valence-corrected chi connectivity index (χ2v) is 16.9. The number of carbonyl (C=O) groups is 2. The quantitative estimate of drug-likeness (QED) is 0.0628. The SMILES string of the molecule is CCCCCCCCCCCCCCCCC(Oc1ccccc1OCCOCCOc1ccccc1OC(CCCCCCCCCCCCCCCC)C(=O)O)C(=O)O. The Bertz CT molecular complexity index is 1230. The molecule has 0 aliphatic rings. The number of hydrogen-bond acceptors (Lipinski definition) is 7. The topological polar surface area (TPSA) is 121 Å². The zero-order chi connectivity index (χ0) is 43.9. The first-order chi connectivity index (χ1) is 30.0. The zero-order valence-electron chi connectivity index (χ0n) is 38.6. The first kappa shape index (κ1) is 53.7. The van der Waals surface area contributed by atoms with Gasteiger partial charge in [-0.2, -0.15) is 0 Å². The summed E-state index contributed by atoms with van der Waals surface area (Å²) in [6.07, 6.45) is 34.1. The van der Waals surface area contributed by atoms with Crippen LogP contribution in [0.5, 0.6) is 23.0 Å². The van der Waals surface area contributed by atoms with E-state index >= 15 is 0 Å². The number of ether oxygens (including phenoxy) is 5. The molecule has 0 saturated heterocycles. The van der Waals surface area contributed by atoms with Crippen molar-refractivity contribution in [2.75, 3.05) is 26.4 Å². The number of para-hydroxylation sites is 4. The molecule has 2 unspecified atom stereocenters. The normalized spacial score (nSPS) is 12.2. The average Bonchev–Trinajstić information content (AvgIpc) is 3.26. The Morgan fingerprint density at radius 2 is 0.656 bits per heavy atom. The summed E-state index contributed by atoms with van der Waals surface area (Å²) in [6, 6.07) is 14.3. The highest BCUT2D eigenvalue weighted by molar-refractivity contribution is 5.73. The minimum Gasteiger partial charge on any atom is -0.487 e. The number of hydrogen-bond donors (Lipinski definition) is 2. The maximum atomic E-state index is 12.0. The zero-order valence-corrected chi connectivity index (χ0v) is 38.6. The van der Waals surface area contributed by atoms with Gasteiger partial charge in [0.25, 0.3) is 0 Å². The van der Waals surface area contributed by atoms with Crippen molar-refractivity contribution in [1.29, 1.82) is 0 Å². The first-order valence-electron chi connectivity index (χ1n) is 24.8. The molecule has 61 heavy (non-hydrogen) atoms. The summed E-state index contributed by atoms with van der Waals surface area (Å²) in [5.74, 6) is -0.176. The number of carboxylic acid groups (broad SMARTS) is 2. The van der Waals surface area contributed by atoms with Crippen LogP contribution in [-0.4, -0.2) is 60.8 Å². The Morgan fingerprint density at radius 1 is 0.393 bits per heavy atom. The van der Waals surface area contributed by atoms with Gasteiger partial charge in [0.15, 0.2) is 35.2 Å². The molecule has 0 aliphatic heterocycles. The van der Waals surface area contributed by atoms with E-state index in [0.717, 1.165) is 38.5 Å². The third kappa shape index (κ3) is 28.7. The van der Waals surface area contributed by atoms with Crippen LogP contribution in [-0.2, 0) is 14.3 Å². The van der Waals surface area contributed by atoms with Crippen LogP contribution in [0.15, 0.2) is 48.5 Å². The lowest BCUT2D eigenvalue weighted by Gasteiger charge is -2.18. The highest BCUT2D eigenvalue weighted by Crippen LogP contribution is 2.30. The van der Waals surface area contributed by atoms with Gasteiger partial charge in [0.2, 0.25) is 0 Å². The van der Waals surface area contributed by atoms with Gasteiger partial charge in [-0.15, -0.1) is 0 Å². The van der Waals surface area contributed by atoms with Gasteiger partial charge in [-0.05, 0) is 49.9 Å². The largest absolute Gasteiger partial charge is 0.487 e. The molecular formula is C52H86O9. The van der Waals surface area contributed by atoms with E-state index in [-0.39, 0.29) is 26.4 Å². The summed E-state index contributed by atoms with van der Waals surface area (Å²) in [7, 11) is 0. The highest BCUT2D eigenvalue weighted by atomic mass is 16.6. The van der Waals surface area contributed by atoms with E-state index in [1.165, 1.54) is 141 Å². The lowest BCUT2D eigenvalue weighted by Crippen LogP contribution is -2.27. The molecule has 348 valence electrons. The Hall–Kier alpha value is -3.46. The lowest BCUT2D eigenvalue weighted by atomic mass is 10.0. The van der Waals surface area contributed by atoms with Crippen LogP contribution in [0.2, 0.25) is 0 Å². The van der Waals surface area contributed by atoms with Gasteiger partial charge in [-0.25, -0.2) is 9.59 Å². The fourth-order valence-corrected chi connectivity index (χ4v) is 7.68. The van der Waals surface area contributed by atoms with E-state index in [1.807, 2.05) is 24.3 Å². The molecule has 2 rings (SSSR count). The van der Waals surface area contributed by atoms with Gasteiger partial charge < -0.3 is 33.9 Å². The fourth-order valence-electron chi connectivity index (χ4n) is 7.68. The van der Waals surface area contributed by atoms with E-state index in [1.54, 1.807) is 24.3 Å². The van der Waals surface area contributed by atoms with Crippen LogP contribution in [0.25, 0.3) is 0 Å². The number of unbranched alkanes of at least 4 members (excludes halogenated alkanes) is 26. The van der Waals surface area contributed by atoms with E-state index < -0.39 is 24.1 Å². The molecule has 2 aromatic carbocycles. The predicted octanol–water partition coefficient (Wildman–Crippen LogP) is 14.6. The standard InChI is InChI=1S/C52H86O9/c1-3-5-7-9-11-13-15-17-19-21-23-25-27-29-39-49(51(53)54)60-47-37-33-31-35-45(47)58-43-41-57-42-44-59-46-36-32-34-38-48(46)61-50(52(55)56)40-30-28-26-24-22-20-18-16-14-12-10-8-6-4-2/h31-38,49-50H,3-30,39-44H2,1-2H3,(H,53,54)(H,55,56). The molecule has 0 fully saturated rings. The van der Waals surface area contributed by atoms with Crippen molar-refractivity contribution in [3.8, 4) is 23.0 Å². The van der Waals surface area contributed by atoms with Crippen LogP contribution in [0.3, 0.4) is 0 Å². The molecule has 0 heterocycles. The number of aliphatic carboxylic acids is 2. The van der Waals surface area contributed by atoms with Crippen molar-refractivity contribution in [3.05, 3.63) is 48.5 Å². The van der Waals surface area contributed by atoms with Gasteiger partial charge in [0.05, 0.1) is 13.2 Å². The summed E-state index contributed by atoms with van der Waals surface area (Å²) < 4.78 is 29.5. The van der Waals surface area contributed by atoms with Crippen molar-refractivity contribution in [1.82, 2.24) is 0 Å². The molecule has 9 nitrogen and oxygen atoms in total. The molecule has 2 aromatic rings. The van der Waals surface area contributed by atoms with E-state index in [2.05, 4.69) is 13.8 Å². The number of benzene rings is 2. The van der Waals surface area contributed by atoms with Crippen molar-refractivity contribution in [2.24, 2.45) is 0 Å². The summed E-state index contributed by atoms with van der Waals surface area (Å²) in [5.41, 5.74) is 0. The van der Waals surface area contributed by atoms with E-state index in [4.69, 9.17) is 23.7 Å². The van der Waals surface area contributed by atoms with Crippen LogP contribution in [0, 0.1) is 0 Å². The van der Waals surface area contributed by atoms with Crippen LogP contribution in [0.4, 0.5) is 0 Å². The highest BCUT2D eigenvalue weighted by Gasteiger charge is 2.22. The van der Waals surface area contributed by atoms with Crippen molar-refractivity contribution >= 4 is 11.9 Å². The third-order valence-corrected chi connectivity index (χ3v) is 11.4. The molecule has 9 heteroatoms. The Morgan fingerprint density at radius 3 is 0.934 bits per heavy atom. The fraction of sp³-hybridized carbons (Fsp3) is 0.731. The molecule has 0 spiro atoms. The molecular weight excluding hydrogens is 769 g/mol. The summed E-state index contributed by atoms with van der Waals surface area (Å²) in [4.78, 5) is 24.1. The average molecular weight is 855 g/mol. The third-order valence-electron chi connectivity index (χ3n) is 11.4. The lowest BCUT2D eigenvalue weighted by molar-refractivity contribution is -0.146. The van der Waals surface area contributed by atoms with Crippen LogP contribution >= 0.6 is 0 Å². The van der Waals surface area contributed by atoms with Gasteiger partial charge >= 0.3 is 11.9 Å².